The number of aryl methyl sites for hydroxylation is 1. The molecule has 0 radical (unpaired) electrons. The Morgan fingerprint density at radius 2 is 2.25 bits per heavy atom. The van der Waals surface area contributed by atoms with E-state index in [-0.39, 0.29) is 17.9 Å². The lowest BCUT2D eigenvalue weighted by Crippen LogP contribution is -2.46. The molecule has 0 spiro atoms. The molecule has 3 heterocycles. The van der Waals surface area contributed by atoms with Crippen LogP contribution in [0.4, 0.5) is 5.69 Å². The largest absolute Gasteiger partial charge is 0.376 e. The number of nitrogens with one attached hydrogen (secondary N) is 4. The molecule has 10 heteroatoms. The molecule has 170 valence electrons. The van der Waals surface area contributed by atoms with Crippen molar-refractivity contribution >= 4 is 23.8 Å². The average Bonchev–Trinajstić information content (AvgIpc) is 3.43. The zero-order valence-corrected chi connectivity index (χ0v) is 18.4. The van der Waals surface area contributed by atoms with E-state index in [1.165, 1.54) is 7.11 Å². The van der Waals surface area contributed by atoms with Crippen molar-refractivity contribution in [1.29, 1.82) is 0 Å². The van der Waals surface area contributed by atoms with Crippen molar-refractivity contribution < 1.29 is 19.2 Å². The van der Waals surface area contributed by atoms with Gasteiger partial charge in [0.05, 0.1) is 13.2 Å². The van der Waals surface area contributed by atoms with Crippen molar-refractivity contribution in [3.63, 3.8) is 0 Å². The summed E-state index contributed by atoms with van der Waals surface area (Å²) in [5, 5.41) is 8.09. The maximum atomic E-state index is 13.2. The summed E-state index contributed by atoms with van der Waals surface area (Å²) in [6.45, 7) is 4.99. The van der Waals surface area contributed by atoms with Gasteiger partial charge in [-0.1, -0.05) is 6.07 Å². The van der Waals surface area contributed by atoms with Gasteiger partial charge < -0.3 is 15.4 Å². The number of nitrogens with zero attached hydrogens (tertiary/aromatic N) is 2. The van der Waals surface area contributed by atoms with Crippen molar-refractivity contribution in [2.24, 2.45) is 10.4 Å². The van der Waals surface area contributed by atoms with Crippen LogP contribution in [0.1, 0.15) is 35.7 Å². The number of carbonyl (C=O) groups is 2. The highest BCUT2D eigenvalue weighted by Gasteiger charge is 2.45. The van der Waals surface area contributed by atoms with Crippen LogP contribution in [0.2, 0.25) is 0 Å². The highest BCUT2D eigenvalue weighted by atomic mass is 16.6. The fourth-order valence-electron chi connectivity index (χ4n) is 3.96. The van der Waals surface area contributed by atoms with Crippen molar-refractivity contribution in [2.75, 3.05) is 25.6 Å². The van der Waals surface area contributed by atoms with Gasteiger partial charge in [-0.2, -0.15) is 0 Å². The minimum absolute atomic E-state index is 0.0572. The number of rotatable bonds is 7. The monoisotopic (exact) mass is 440 g/mol. The van der Waals surface area contributed by atoms with Gasteiger partial charge in [0.1, 0.15) is 17.5 Å². The van der Waals surface area contributed by atoms with E-state index in [0.717, 1.165) is 25.0 Å². The van der Waals surface area contributed by atoms with Gasteiger partial charge in [0.2, 0.25) is 5.91 Å². The summed E-state index contributed by atoms with van der Waals surface area (Å²) in [4.78, 5) is 34.5. The van der Waals surface area contributed by atoms with E-state index in [0.29, 0.717) is 29.3 Å². The summed E-state index contributed by atoms with van der Waals surface area (Å²) in [5.41, 5.74) is 7.12. The third kappa shape index (κ3) is 4.19. The molecule has 0 saturated carbocycles. The molecule has 1 aromatic carbocycles. The Balaban J connectivity index is 1.60. The first-order valence-electron chi connectivity index (χ1n) is 10.6. The van der Waals surface area contributed by atoms with Gasteiger partial charge in [0.25, 0.3) is 5.91 Å². The van der Waals surface area contributed by atoms with E-state index >= 15 is 0 Å². The number of anilines is 1. The van der Waals surface area contributed by atoms with E-state index < -0.39 is 5.41 Å². The highest BCUT2D eigenvalue weighted by Crippen LogP contribution is 2.40. The Bertz CT molecular complexity index is 998. The first-order chi connectivity index (χ1) is 15.4. The van der Waals surface area contributed by atoms with E-state index in [4.69, 9.17) is 9.57 Å². The fourth-order valence-corrected chi connectivity index (χ4v) is 3.96. The summed E-state index contributed by atoms with van der Waals surface area (Å²) in [5.74, 6) is 0.0188. The summed E-state index contributed by atoms with van der Waals surface area (Å²) >= 11 is 0. The number of aliphatic imine (C=N–C) groups is 1. The topological polar surface area (TPSA) is 116 Å². The Labute approximate surface area is 186 Å². The summed E-state index contributed by atoms with van der Waals surface area (Å²) < 4.78 is 5.62. The average molecular weight is 441 g/mol. The van der Waals surface area contributed by atoms with E-state index in [9.17, 15) is 9.59 Å². The maximum absolute atomic E-state index is 13.2. The molecule has 3 aliphatic rings. The van der Waals surface area contributed by atoms with Crippen LogP contribution in [-0.4, -0.2) is 49.5 Å². The van der Waals surface area contributed by atoms with Gasteiger partial charge in [-0.15, -0.1) is 0 Å². The van der Waals surface area contributed by atoms with Gasteiger partial charge in [-0.25, -0.2) is 10.5 Å². The molecular weight excluding hydrogens is 412 g/mol. The molecule has 0 bridgehead atoms. The Kier molecular flexibility index (Phi) is 6.15. The number of fused-ring (bicyclic) bond motifs is 1. The zero-order chi connectivity index (χ0) is 22.7. The van der Waals surface area contributed by atoms with Crippen LogP contribution in [0.5, 0.6) is 0 Å². The van der Waals surface area contributed by atoms with Crippen molar-refractivity contribution in [1.82, 2.24) is 21.2 Å². The lowest BCUT2D eigenvalue weighted by Gasteiger charge is -2.32. The molecule has 4 N–H and O–H groups in total. The van der Waals surface area contributed by atoms with Gasteiger partial charge in [-0.3, -0.25) is 24.9 Å². The van der Waals surface area contributed by atoms with Crippen LogP contribution in [0.15, 0.2) is 47.0 Å². The first-order valence-corrected chi connectivity index (χ1v) is 10.6. The third-order valence-electron chi connectivity index (χ3n) is 5.84. The quantitative estimate of drug-likeness (QED) is 0.475. The molecule has 1 aromatic rings. The summed E-state index contributed by atoms with van der Waals surface area (Å²) in [6.07, 6.45) is 7.22. The highest BCUT2D eigenvalue weighted by molar-refractivity contribution is 5.95. The Morgan fingerprint density at radius 3 is 3.00 bits per heavy atom. The normalized spacial score (nSPS) is 23.7. The second kappa shape index (κ2) is 9.01. The standard InChI is InChI=1S/C22H28N6O4/c1-14-6-7-15(20(29)27-31-3)11-17(14)26-19-18-22(2,8-9-28(18)25-13-24-19)21(30)23-12-16-5-4-10-32-16/h6-9,11,13,16,26H,4-5,10,12H2,1-3H3,(H,23,30)(H,24,25)(H,27,29). The molecule has 2 amide bonds. The number of benzene rings is 1. The molecule has 3 aliphatic heterocycles. The minimum Gasteiger partial charge on any atom is -0.376 e. The van der Waals surface area contributed by atoms with Crippen LogP contribution < -0.4 is 21.5 Å². The second-order valence-corrected chi connectivity index (χ2v) is 8.11. The van der Waals surface area contributed by atoms with Gasteiger partial charge in [0, 0.05) is 30.6 Å². The molecule has 0 aliphatic carbocycles. The number of amides is 2. The van der Waals surface area contributed by atoms with Gasteiger partial charge in [0.15, 0.2) is 5.82 Å². The lowest BCUT2D eigenvalue weighted by atomic mass is 9.86. The SMILES string of the molecule is CONC(=O)c1ccc(C)c(NC2=C3N(C=CC3(C)C(=O)NCC3CCCO3)NC=N2)c1. The molecule has 0 aromatic heterocycles. The van der Waals surface area contributed by atoms with Crippen molar-refractivity contribution in [3.8, 4) is 0 Å². The number of hydrogen-bond donors (Lipinski definition) is 4. The van der Waals surface area contributed by atoms with Gasteiger partial charge in [-0.05, 0) is 50.5 Å². The minimum atomic E-state index is -0.940. The molecular formula is C22H28N6O4. The fraction of sp³-hybridized carbons (Fsp3) is 0.409. The first kappa shape index (κ1) is 21.8. The molecule has 2 atom stereocenters. The predicted molar refractivity (Wildman–Crippen MR) is 119 cm³/mol. The van der Waals surface area contributed by atoms with Crippen LogP contribution in [-0.2, 0) is 14.4 Å². The van der Waals surface area contributed by atoms with Crippen LogP contribution in [0, 0.1) is 12.3 Å². The Morgan fingerprint density at radius 1 is 1.41 bits per heavy atom. The number of hydrazine groups is 1. The molecule has 1 fully saturated rings. The van der Waals surface area contributed by atoms with Crippen LogP contribution in [0.25, 0.3) is 0 Å². The molecule has 4 rings (SSSR count). The number of hydrogen-bond acceptors (Lipinski definition) is 8. The van der Waals surface area contributed by atoms with Crippen LogP contribution >= 0.6 is 0 Å². The van der Waals surface area contributed by atoms with Crippen molar-refractivity contribution in [3.05, 3.63) is 53.1 Å². The molecule has 2 unspecified atom stereocenters. The maximum Gasteiger partial charge on any atom is 0.274 e. The number of hydroxylamine groups is 1. The predicted octanol–water partition coefficient (Wildman–Crippen LogP) is 1.54. The Hall–Kier alpha value is -3.37. The zero-order valence-electron chi connectivity index (χ0n) is 18.4. The van der Waals surface area contributed by atoms with Gasteiger partial charge >= 0.3 is 0 Å². The molecule has 10 nitrogen and oxygen atoms in total. The third-order valence-corrected chi connectivity index (χ3v) is 5.84. The molecule has 1 saturated heterocycles. The summed E-state index contributed by atoms with van der Waals surface area (Å²) in [7, 11) is 1.38. The smallest absolute Gasteiger partial charge is 0.274 e. The summed E-state index contributed by atoms with van der Waals surface area (Å²) in [6, 6.07) is 5.27. The van der Waals surface area contributed by atoms with E-state index in [1.54, 1.807) is 23.5 Å². The van der Waals surface area contributed by atoms with Crippen LogP contribution in [0.3, 0.4) is 0 Å². The number of ether oxygens (including phenoxy) is 1. The molecule has 32 heavy (non-hydrogen) atoms. The second-order valence-electron chi connectivity index (χ2n) is 8.11. The van der Waals surface area contributed by atoms with E-state index in [1.807, 2.05) is 32.2 Å². The van der Waals surface area contributed by atoms with E-state index in [2.05, 4.69) is 26.5 Å². The lowest BCUT2D eigenvalue weighted by molar-refractivity contribution is -0.127. The van der Waals surface area contributed by atoms with Crippen molar-refractivity contribution in [2.45, 2.75) is 32.8 Å². The number of carbonyl (C=O) groups excluding carboxylic acids is 2.